The van der Waals surface area contributed by atoms with Gasteiger partial charge >= 0.3 is 5.97 Å². The Bertz CT molecular complexity index is 411. The smallest absolute Gasteiger partial charge is 0.320 e. The van der Waals surface area contributed by atoms with Crippen LogP contribution in [0.3, 0.4) is 0 Å². The number of rotatable bonds is 4. The first-order chi connectivity index (χ1) is 7.45. The van der Waals surface area contributed by atoms with Crippen molar-refractivity contribution in [3.8, 4) is 5.75 Å². The third-order valence-corrected chi connectivity index (χ3v) is 2.51. The molecule has 1 aromatic carbocycles. The van der Waals surface area contributed by atoms with Gasteiger partial charge in [0, 0.05) is 10.9 Å². The molecule has 0 heterocycles. The van der Waals surface area contributed by atoms with Crippen molar-refractivity contribution < 1.29 is 19.0 Å². The highest BCUT2D eigenvalue weighted by molar-refractivity contribution is 9.10. The van der Waals surface area contributed by atoms with Crippen molar-refractivity contribution in [3.05, 3.63) is 28.0 Å². The number of aliphatic carboxylic acids is 1. The lowest BCUT2D eigenvalue weighted by Crippen LogP contribution is -2.32. The van der Waals surface area contributed by atoms with Crippen LogP contribution >= 0.6 is 15.9 Å². The summed E-state index contributed by atoms with van der Waals surface area (Å²) in [6, 6.07) is 1.82. The standard InChI is InChI=1S/C10H11BrFNO3/c1-16-8-4-6(11)2-5(9(8)12)3-7(13)10(14)15/h2,4,7H,3,13H2,1H3,(H,14,15). The van der Waals surface area contributed by atoms with Crippen LogP contribution in [0.15, 0.2) is 16.6 Å². The molecule has 16 heavy (non-hydrogen) atoms. The highest BCUT2D eigenvalue weighted by atomic mass is 79.9. The molecule has 0 fully saturated rings. The summed E-state index contributed by atoms with van der Waals surface area (Å²) in [6.07, 6.45) is -0.0863. The lowest BCUT2D eigenvalue weighted by atomic mass is 10.1. The minimum absolute atomic E-state index is 0.0574. The number of halogens is 2. The molecule has 6 heteroatoms. The van der Waals surface area contributed by atoms with E-state index in [1.165, 1.54) is 19.2 Å². The Morgan fingerprint density at radius 1 is 1.69 bits per heavy atom. The number of benzene rings is 1. The maximum absolute atomic E-state index is 13.7. The molecule has 0 aliphatic rings. The second-order valence-corrected chi connectivity index (χ2v) is 4.15. The third-order valence-electron chi connectivity index (χ3n) is 2.06. The van der Waals surface area contributed by atoms with Crippen molar-refractivity contribution in [1.29, 1.82) is 0 Å². The summed E-state index contributed by atoms with van der Waals surface area (Å²) >= 11 is 3.18. The van der Waals surface area contributed by atoms with Gasteiger partial charge in [0.05, 0.1) is 7.11 Å². The minimum atomic E-state index is -1.17. The largest absolute Gasteiger partial charge is 0.494 e. The van der Waals surface area contributed by atoms with Crippen molar-refractivity contribution >= 4 is 21.9 Å². The number of hydrogen-bond acceptors (Lipinski definition) is 3. The summed E-state index contributed by atoms with van der Waals surface area (Å²) in [4.78, 5) is 10.6. The van der Waals surface area contributed by atoms with Gasteiger partial charge in [0.15, 0.2) is 11.6 Å². The Labute approximate surface area is 100 Å². The molecule has 3 N–H and O–H groups in total. The van der Waals surface area contributed by atoms with Gasteiger partial charge in [-0.15, -0.1) is 0 Å². The Kier molecular flexibility index (Phi) is 4.26. The number of carboxylic acid groups (broad SMARTS) is 1. The molecule has 0 spiro atoms. The highest BCUT2D eigenvalue weighted by Crippen LogP contribution is 2.26. The second kappa shape index (κ2) is 5.27. The lowest BCUT2D eigenvalue weighted by Gasteiger charge is -2.10. The molecule has 0 aliphatic carbocycles. The number of methoxy groups -OCH3 is 1. The van der Waals surface area contributed by atoms with Crippen molar-refractivity contribution in [2.75, 3.05) is 7.11 Å². The predicted octanol–water partition coefficient (Wildman–Crippen LogP) is 1.55. The zero-order valence-corrected chi connectivity index (χ0v) is 10.1. The molecule has 0 aliphatic heterocycles. The van der Waals surface area contributed by atoms with Crippen LogP contribution in [-0.4, -0.2) is 24.2 Å². The van der Waals surface area contributed by atoms with E-state index in [0.717, 1.165) is 0 Å². The maximum atomic E-state index is 13.7. The normalized spacial score (nSPS) is 12.2. The fourth-order valence-electron chi connectivity index (χ4n) is 1.24. The zero-order valence-electron chi connectivity index (χ0n) is 8.54. The van der Waals surface area contributed by atoms with E-state index < -0.39 is 17.8 Å². The van der Waals surface area contributed by atoms with E-state index in [4.69, 9.17) is 15.6 Å². The summed E-state index contributed by atoms with van der Waals surface area (Å²) < 4.78 is 19.1. The van der Waals surface area contributed by atoms with E-state index in [-0.39, 0.29) is 17.7 Å². The first-order valence-corrected chi connectivity index (χ1v) is 5.25. The molecule has 1 unspecified atom stereocenters. The Hall–Kier alpha value is -1.14. The molecule has 0 bridgehead atoms. The summed E-state index contributed by atoms with van der Waals surface area (Å²) in [5.41, 5.74) is 5.55. The van der Waals surface area contributed by atoms with Crippen LogP contribution in [0, 0.1) is 5.82 Å². The fraction of sp³-hybridized carbons (Fsp3) is 0.300. The Balaban J connectivity index is 3.04. The Morgan fingerprint density at radius 3 is 2.81 bits per heavy atom. The van der Waals surface area contributed by atoms with Crippen molar-refractivity contribution in [2.24, 2.45) is 5.73 Å². The van der Waals surface area contributed by atoms with E-state index in [9.17, 15) is 9.18 Å². The molecule has 1 rings (SSSR count). The van der Waals surface area contributed by atoms with Gasteiger partial charge in [-0.05, 0) is 17.7 Å². The van der Waals surface area contributed by atoms with E-state index in [2.05, 4.69) is 15.9 Å². The summed E-state index contributed by atoms with van der Waals surface area (Å²) in [7, 11) is 1.34. The van der Waals surface area contributed by atoms with Crippen LogP contribution in [0.2, 0.25) is 0 Å². The zero-order chi connectivity index (χ0) is 12.3. The highest BCUT2D eigenvalue weighted by Gasteiger charge is 2.17. The van der Waals surface area contributed by atoms with Gasteiger partial charge in [0.25, 0.3) is 0 Å². The van der Waals surface area contributed by atoms with Gasteiger partial charge in [-0.3, -0.25) is 4.79 Å². The monoisotopic (exact) mass is 291 g/mol. The number of hydrogen-bond donors (Lipinski definition) is 2. The first-order valence-electron chi connectivity index (χ1n) is 4.46. The SMILES string of the molecule is COc1cc(Br)cc(CC(N)C(=O)O)c1F. The number of carboxylic acids is 1. The van der Waals surface area contributed by atoms with Gasteiger partial charge in [0.1, 0.15) is 6.04 Å². The molecule has 0 saturated carbocycles. The average Bonchev–Trinajstić information content (AvgIpc) is 2.22. The van der Waals surface area contributed by atoms with Crippen LogP contribution < -0.4 is 10.5 Å². The fourth-order valence-corrected chi connectivity index (χ4v) is 1.72. The number of nitrogens with two attached hydrogens (primary N) is 1. The second-order valence-electron chi connectivity index (χ2n) is 3.23. The average molecular weight is 292 g/mol. The lowest BCUT2D eigenvalue weighted by molar-refractivity contribution is -0.138. The van der Waals surface area contributed by atoms with Crippen molar-refractivity contribution in [1.82, 2.24) is 0 Å². The number of ether oxygens (including phenoxy) is 1. The number of carbonyl (C=O) groups is 1. The van der Waals surface area contributed by atoms with Gasteiger partial charge < -0.3 is 15.6 Å². The van der Waals surface area contributed by atoms with Crippen molar-refractivity contribution in [2.45, 2.75) is 12.5 Å². The molecular formula is C10H11BrFNO3. The first kappa shape index (κ1) is 12.9. The summed E-state index contributed by atoms with van der Waals surface area (Å²) in [5, 5.41) is 8.64. The van der Waals surface area contributed by atoms with Gasteiger partial charge in [-0.25, -0.2) is 4.39 Å². The van der Waals surface area contributed by atoms with Crippen LogP contribution in [0.1, 0.15) is 5.56 Å². The van der Waals surface area contributed by atoms with Gasteiger partial charge in [-0.1, -0.05) is 15.9 Å². The van der Waals surface area contributed by atoms with E-state index in [0.29, 0.717) is 4.47 Å². The van der Waals surface area contributed by atoms with E-state index in [1.54, 1.807) is 0 Å². The molecule has 88 valence electrons. The molecule has 0 radical (unpaired) electrons. The van der Waals surface area contributed by atoms with E-state index in [1.807, 2.05) is 0 Å². The maximum Gasteiger partial charge on any atom is 0.320 e. The third kappa shape index (κ3) is 2.93. The van der Waals surface area contributed by atoms with Crippen LogP contribution in [0.4, 0.5) is 4.39 Å². The van der Waals surface area contributed by atoms with Gasteiger partial charge in [0.2, 0.25) is 0 Å². The molecule has 1 atom stereocenters. The minimum Gasteiger partial charge on any atom is -0.494 e. The predicted molar refractivity (Wildman–Crippen MR) is 60.0 cm³/mol. The van der Waals surface area contributed by atoms with Gasteiger partial charge in [-0.2, -0.15) is 0 Å². The topological polar surface area (TPSA) is 72.5 Å². The molecule has 1 aromatic rings. The quantitative estimate of drug-likeness (QED) is 0.883. The van der Waals surface area contributed by atoms with Crippen LogP contribution in [0.5, 0.6) is 5.75 Å². The molecule has 0 saturated heterocycles. The molecule has 0 amide bonds. The molecule has 0 aromatic heterocycles. The Morgan fingerprint density at radius 2 is 2.31 bits per heavy atom. The molecular weight excluding hydrogens is 281 g/mol. The summed E-state index contributed by atoms with van der Waals surface area (Å²) in [6.45, 7) is 0. The summed E-state index contributed by atoms with van der Waals surface area (Å²) in [5.74, 6) is -1.69. The molecule has 4 nitrogen and oxygen atoms in total. The van der Waals surface area contributed by atoms with Crippen LogP contribution in [-0.2, 0) is 11.2 Å². The van der Waals surface area contributed by atoms with Crippen LogP contribution in [0.25, 0.3) is 0 Å². The van der Waals surface area contributed by atoms with E-state index >= 15 is 0 Å². The van der Waals surface area contributed by atoms with Crippen molar-refractivity contribution in [3.63, 3.8) is 0 Å².